The van der Waals surface area contributed by atoms with Crippen molar-refractivity contribution in [3.63, 3.8) is 0 Å². The van der Waals surface area contributed by atoms with E-state index in [9.17, 15) is 0 Å². The van der Waals surface area contributed by atoms with Crippen LogP contribution < -0.4 is 5.32 Å². The summed E-state index contributed by atoms with van der Waals surface area (Å²) in [4.78, 5) is 0. The Morgan fingerprint density at radius 2 is 2.25 bits per heavy atom. The summed E-state index contributed by atoms with van der Waals surface area (Å²) in [7, 11) is 0. The Labute approximate surface area is 102 Å². The van der Waals surface area contributed by atoms with Gasteiger partial charge in [-0.2, -0.15) is 0 Å². The maximum absolute atomic E-state index is 8.92. The molecular weight excluding hydrogens is 226 g/mol. The third-order valence-corrected chi connectivity index (χ3v) is 2.80. The molecule has 0 saturated heterocycles. The standard InChI is InChI=1S/C12H20ClNO2/c1-2-3-10(6-7-15)8-14-9-11-4-5-12(13)16-11/h4-5,10,14-15H,2-3,6-9H2,1H3. The fourth-order valence-corrected chi connectivity index (χ4v) is 1.95. The summed E-state index contributed by atoms with van der Waals surface area (Å²) < 4.78 is 5.24. The molecule has 1 rings (SSSR count). The van der Waals surface area contributed by atoms with Crippen molar-refractivity contribution in [3.05, 3.63) is 23.1 Å². The lowest BCUT2D eigenvalue weighted by atomic mass is 10.0. The molecule has 1 aromatic rings. The quantitative estimate of drug-likeness (QED) is 0.740. The van der Waals surface area contributed by atoms with Gasteiger partial charge in [-0.05, 0) is 49.0 Å². The van der Waals surface area contributed by atoms with Crippen molar-refractivity contribution in [2.75, 3.05) is 13.2 Å². The molecule has 2 N–H and O–H groups in total. The van der Waals surface area contributed by atoms with Crippen LogP contribution in [-0.2, 0) is 6.54 Å². The Kier molecular flexibility index (Phi) is 6.53. The molecule has 92 valence electrons. The van der Waals surface area contributed by atoms with Crippen LogP contribution >= 0.6 is 11.6 Å². The molecule has 0 bridgehead atoms. The highest BCUT2D eigenvalue weighted by Gasteiger charge is 2.07. The van der Waals surface area contributed by atoms with E-state index < -0.39 is 0 Å². The average molecular weight is 246 g/mol. The number of hydrogen-bond acceptors (Lipinski definition) is 3. The first kappa shape index (κ1) is 13.6. The summed E-state index contributed by atoms with van der Waals surface area (Å²) in [6.07, 6.45) is 3.16. The van der Waals surface area contributed by atoms with Crippen LogP contribution in [0.4, 0.5) is 0 Å². The topological polar surface area (TPSA) is 45.4 Å². The van der Waals surface area contributed by atoms with E-state index in [2.05, 4.69) is 12.2 Å². The Morgan fingerprint density at radius 1 is 1.44 bits per heavy atom. The predicted octanol–water partition coefficient (Wildman–Crippen LogP) is 2.82. The van der Waals surface area contributed by atoms with E-state index in [1.807, 2.05) is 6.07 Å². The van der Waals surface area contributed by atoms with E-state index in [1.54, 1.807) is 6.07 Å². The van der Waals surface area contributed by atoms with Crippen LogP contribution in [0.25, 0.3) is 0 Å². The fraction of sp³-hybridized carbons (Fsp3) is 0.667. The van der Waals surface area contributed by atoms with Crippen LogP contribution in [0.2, 0.25) is 5.22 Å². The van der Waals surface area contributed by atoms with E-state index in [-0.39, 0.29) is 6.61 Å². The summed E-state index contributed by atoms with van der Waals surface area (Å²) in [5, 5.41) is 12.7. The van der Waals surface area contributed by atoms with Gasteiger partial charge in [-0.15, -0.1) is 0 Å². The van der Waals surface area contributed by atoms with Gasteiger partial charge in [0.15, 0.2) is 5.22 Å². The lowest BCUT2D eigenvalue weighted by molar-refractivity contribution is 0.247. The fourth-order valence-electron chi connectivity index (χ4n) is 1.79. The summed E-state index contributed by atoms with van der Waals surface area (Å²) in [5.41, 5.74) is 0. The third kappa shape index (κ3) is 5.01. The van der Waals surface area contributed by atoms with E-state index in [0.29, 0.717) is 17.7 Å². The first-order valence-electron chi connectivity index (χ1n) is 5.82. The molecule has 0 amide bonds. The average Bonchev–Trinajstić information content (AvgIpc) is 2.65. The van der Waals surface area contributed by atoms with Gasteiger partial charge in [-0.25, -0.2) is 0 Å². The second-order valence-corrected chi connectivity index (χ2v) is 4.38. The van der Waals surface area contributed by atoms with Crippen molar-refractivity contribution in [3.8, 4) is 0 Å². The Morgan fingerprint density at radius 3 is 2.81 bits per heavy atom. The normalized spacial score (nSPS) is 12.9. The zero-order valence-electron chi connectivity index (χ0n) is 9.71. The highest BCUT2D eigenvalue weighted by molar-refractivity contribution is 6.28. The summed E-state index contributed by atoms with van der Waals surface area (Å²) in [5.74, 6) is 1.39. The van der Waals surface area contributed by atoms with Gasteiger partial charge >= 0.3 is 0 Å². The maximum Gasteiger partial charge on any atom is 0.193 e. The zero-order chi connectivity index (χ0) is 11.8. The van der Waals surface area contributed by atoms with Gasteiger partial charge in [0.25, 0.3) is 0 Å². The molecule has 0 aromatic carbocycles. The largest absolute Gasteiger partial charge is 0.448 e. The molecule has 1 unspecified atom stereocenters. The van der Waals surface area contributed by atoms with Crippen LogP contribution in [0, 0.1) is 5.92 Å². The number of hydrogen-bond donors (Lipinski definition) is 2. The van der Waals surface area contributed by atoms with Crippen LogP contribution in [-0.4, -0.2) is 18.3 Å². The number of rotatable bonds is 8. The molecule has 16 heavy (non-hydrogen) atoms. The van der Waals surface area contributed by atoms with Gasteiger partial charge in [-0.1, -0.05) is 13.3 Å². The lowest BCUT2D eigenvalue weighted by Crippen LogP contribution is -2.23. The van der Waals surface area contributed by atoms with Gasteiger partial charge in [0.2, 0.25) is 0 Å². The minimum Gasteiger partial charge on any atom is -0.448 e. The minimum atomic E-state index is 0.263. The van der Waals surface area contributed by atoms with Crippen molar-refractivity contribution in [2.45, 2.75) is 32.7 Å². The Hall–Kier alpha value is -0.510. The molecule has 0 saturated carbocycles. The minimum absolute atomic E-state index is 0.263. The predicted molar refractivity (Wildman–Crippen MR) is 65.5 cm³/mol. The molecule has 1 heterocycles. The highest BCUT2D eigenvalue weighted by Crippen LogP contribution is 2.13. The van der Waals surface area contributed by atoms with E-state index in [4.69, 9.17) is 21.1 Å². The molecule has 3 nitrogen and oxygen atoms in total. The van der Waals surface area contributed by atoms with Gasteiger partial charge in [0.1, 0.15) is 5.76 Å². The van der Waals surface area contributed by atoms with E-state index in [0.717, 1.165) is 31.6 Å². The molecule has 0 aliphatic heterocycles. The monoisotopic (exact) mass is 245 g/mol. The Balaban J connectivity index is 2.21. The number of aliphatic hydroxyl groups excluding tert-OH is 1. The molecule has 4 heteroatoms. The van der Waals surface area contributed by atoms with Crippen molar-refractivity contribution in [2.24, 2.45) is 5.92 Å². The number of furan rings is 1. The van der Waals surface area contributed by atoms with Crippen LogP contribution in [0.5, 0.6) is 0 Å². The first-order valence-corrected chi connectivity index (χ1v) is 6.19. The van der Waals surface area contributed by atoms with Gasteiger partial charge in [0, 0.05) is 6.61 Å². The maximum atomic E-state index is 8.92. The summed E-state index contributed by atoms with van der Waals surface area (Å²) >= 11 is 5.67. The van der Waals surface area contributed by atoms with Crippen LogP contribution in [0.3, 0.4) is 0 Å². The highest BCUT2D eigenvalue weighted by atomic mass is 35.5. The number of aliphatic hydroxyl groups is 1. The van der Waals surface area contributed by atoms with Gasteiger partial charge in [-0.3, -0.25) is 0 Å². The van der Waals surface area contributed by atoms with E-state index in [1.165, 1.54) is 0 Å². The smallest absolute Gasteiger partial charge is 0.193 e. The number of nitrogens with one attached hydrogen (secondary N) is 1. The van der Waals surface area contributed by atoms with Gasteiger partial charge < -0.3 is 14.8 Å². The SMILES string of the molecule is CCCC(CCO)CNCc1ccc(Cl)o1. The molecule has 1 atom stereocenters. The van der Waals surface area contributed by atoms with Gasteiger partial charge in [0.05, 0.1) is 6.54 Å². The molecule has 0 fully saturated rings. The van der Waals surface area contributed by atoms with E-state index >= 15 is 0 Å². The molecule has 0 radical (unpaired) electrons. The summed E-state index contributed by atoms with van der Waals surface area (Å²) in [6.45, 7) is 4.03. The first-order chi connectivity index (χ1) is 7.76. The van der Waals surface area contributed by atoms with Crippen molar-refractivity contribution >= 4 is 11.6 Å². The zero-order valence-corrected chi connectivity index (χ0v) is 10.5. The van der Waals surface area contributed by atoms with Crippen molar-refractivity contribution in [1.82, 2.24) is 5.32 Å². The summed E-state index contributed by atoms with van der Waals surface area (Å²) in [6, 6.07) is 3.62. The van der Waals surface area contributed by atoms with Crippen LogP contribution in [0.1, 0.15) is 31.9 Å². The van der Waals surface area contributed by atoms with Crippen molar-refractivity contribution < 1.29 is 9.52 Å². The molecule has 0 aliphatic carbocycles. The van der Waals surface area contributed by atoms with Crippen molar-refractivity contribution in [1.29, 1.82) is 0 Å². The third-order valence-electron chi connectivity index (χ3n) is 2.60. The second kappa shape index (κ2) is 7.71. The molecular formula is C12H20ClNO2. The Bertz CT molecular complexity index is 282. The van der Waals surface area contributed by atoms with Crippen LogP contribution in [0.15, 0.2) is 16.5 Å². The molecule has 0 spiro atoms. The molecule has 1 aromatic heterocycles. The second-order valence-electron chi connectivity index (χ2n) is 4.00. The lowest BCUT2D eigenvalue weighted by Gasteiger charge is -2.14. The number of halogens is 1. The molecule has 0 aliphatic rings.